The first kappa shape index (κ1) is 23.7. The predicted molar refractivity (Wildman–Crippen MR) is 105 cm³/mol. The van der Waals surface area contributed by atoms with E-state index in [1.807, 2.05) is 20.7 Å². The first-order chi connectivity index (χ1) is 12.6. The number of fused-ring (bicyclic) bond motifs is 3. The van der Waals surface area contributed by atoms with Gasteiger partial charge >= 0.3 is 170 Å². The summed E-state index contributed by atoms with van der Waals surface area (Å²) in [4.78, 5) is 13.5. The van der Waals surface area contributed by atoms with Crippen LogP contribution in [0.5, 0.6) is 0 Å². The van der Waals surface area contributed by atoms with Crippen LogP contribution in [0.3, 0.4) is 0 Å². The predicted octanol–water partition coefficient (Wildman–Crippen LogP) is -1.20. The SMILES string of the molecule is C[SiH](C)C1CCCCC1(C(=O)[NH][Ti+2])C1c2ccccc2-c2ccccc21.[Cl-].[Cl-]. The first-order valence-corrected chi connectivity index (χ1v) is 13.5. The van der Waals surface area contributed by atoms with Crippen molar-refractivity contribution in [1.29, 1.82) is 0 Å². The molecule has 2 atom stereocenters. The number of halogens is 2. The molecule has 2 aromatic carbocycles. The van der Waals surface area contributed by atoms with Crippen LogP contribution in [-0.4, -0.2) is 14.7 Å². The summed E-state index contributed by atoms with van der Waals surface area (Å²) in [5.74, 6) is 0.454. The van der Waals surface area contributed by atoms with E-state index in [0.717, 1.165) is 12.8 Å². The molecule has 2 nitrogen and oxygen atoms in total. The molecular formula is C22H26Cl2NOSiTi. The van der Waals surface area contributed by atoms with Crippen LogP contribution in [0.4, 0.5) is 0 Å². The van der Waals surface area contributed by atoms with Crippen LogP contribution in [0.25, 0.3) is 11.1 Å². The smallest absolute Gasteiger partial charge is 1.00 e. The molecule has 1 amide bonds. The van der Waals surface area contributed by atoms with E-state index in [0.29, 0.717) is 5.54 Å². The Hall–Kier alpha value is -0.579. The second-order valence-electron chi connectivity index (χ2n) is 8.20. The zero-order chi connectivity index (χ0) is 18.3. The third kappa shape index (κ3) is 3.54. The monoisotopic (exact) mass is 466 g/mol. The summed E-state index contributed by atoms with van der Waals surface area (Å²) in [5.41, 5.74) is 5.62. The second-order valence-corrected chi connectivity index (χ2v) is 11.9. The summed E-state index contributed by atoms with van der Waals surface area (Å²) < 4.78 is 3.08. The molecule has 2 unspecified atom stereocenters. The molecule has 147 valence electrons. The van der Waals surface area contributed by atoms with Crippen molar-refractivity contribution >= 4 is 14.7 Å². The van der Waals surface area contributed by atoms with Gasteiger partial charge in [0.25, 0.3) is 0 Å². The third-order valence-corrected chi connectivity index (χ3v) is 9.60. The Morgan fingerprint density at radius 2 is 1.54 bits per heavy atom. The van der Waals surface area contributed by atoms with Gasteiger partial charge in [-0.15, -0.1) is 0 Å². The number of hydrogen-bond donors (Lipinski definition) is 1. The van der Waals surface area contributed by atoms with Crippen molar-refractivity contribution in [3.63, 3.8) is 0 Å². The zero-order valence-electron chi connectivity index (χ0n) is 16.3. The van der Waals surface area contributed by atoms with Gasteiger partial charge in [-0.1, -0.05) is 0 Å². The summed E-state index contributed by atoms with van der Waals surface area (Å²) >= 11 is 1.82. The van der Waals surface area contributed by atoms with Gasteiger partial charge in [0.2, 0.25) is 0 Å². The van der Waals surface area contributed by atoms with E-state index < -0.39 is 8.80 Å². The van der Waals surface area contributed by atoms with Gasteiger partial charge in [-0.2, -0.15) is 0 Å². The number of hydrogen-bond acceptors (Lipinski definition) is 1. The van der Waals surface area contributed by atoms with Gasteiger partial charge < -0.3 is 24.8 Å². The fourth-order valence-electron chi connectivity index (χ4n) is 5.75. The normalized spacial score (nSPS) is 23.2. The van der Waals surface area contributed by atoms with Gasteiger partial charge in [0, 0.05) is 0 Å². The molecule has 1 saturated carbocycles. The Morgan fingerprint density at radius 1 is 1.00 bits per heavy atom. The van der Waals surface area contributed by atoms with Gasteiger partial charge in [0.05, 0.1) is 0 Å². The number of carbonyl (C=O) groups excluding carboxylic acids is 1. The van der Waals surface area contributed by atoms with E-state index in [4.69, 9.17) is 0 Å². The van der Waals surface area contributed by atoms with Gasteiger partial charge in [-0.05, 0) is 0 Å². The standard InChI is InChI=1S/C22H27NOSi.2ClH.Ti/c1-25(2)19-13-7-8-14-22(19,21(23)24)20-17-11-5-3-9-15(17)16-10-4-6-12-18(16)20;;;/h3-6,9-12,19-20,25H,7-8,13-14H2,1-2H3,(H2,23,24);2*1H;/q;;;+3/p-3. The van der Waals surface area contributed by atoms with E-state index in [2.05, 4.69) is 65.4 Å². The summed E-state index contributed by atoms with van der Waals surface area (Å²) in [7, 11) is -0.992. The Kier molecular flexibility index (Phi) is 8.03. The van der Waals surface area contributed by atoms with Crippen LogP contribution in [-0.2, 0) is 25.5 Å². The molecule has 0 spiro atoms. The molecule has 0 saturated heterocycles. The molecule has 0 bridgehead atoms. The topological polar surface area (TPSA) is 29.1 Å². The molecule has 1 N–H and O–H groups in total. The maximum Gasteiger partial charge on any atom is -1.00 e. The number of carbonyl (C=O) groups is 1. The summed E-state index contributed by atoms with van der Waals surface area (Å²) in [6.07, 6.45) is 4.64. The van der Waals surface area contributed by atoms with Gasteiger partial charge in [-0.3, -0.25) is 0 Å². The Balaban J connectivity index is 0.00000140. The minimum absolute atomic E-state index is 0. The molecule has 2 aromatic rings. The van der Waals surface area contributed by atoms with Crippen LogP contribution >= 0.6 is 0 Å². The molecule has 2 aliphatic carbocycles. The number of nitrogens with one attached hydrogen (secondary N) is 1. The molecular weight excluding hydrogens is 441 g/mol. The molecule has 0 heterocycles. The zero-order valence-corrected chi connectivity index (χ0v) is 20.6. The quantitative estimate of drug-likeness (QED) is 0.566. The van der Waals surface area contributed by atoms with Gasteiger partial charge in [0.1, 0.15) is 0 Å². The maximum absolute atomic E-state index is 13.5. The van der Waals surface area contributed by atoms with Gasteiger partial charge in [0.15, 0.2) is 0 Å². The summed E-state index contributed by atoms with van der Waals surface area (Å²) in [6, 6.07) is 17.5. The fraction of sp³-hybridized carbons (Fsp3) is 0.409. The van der Waals surface area contributed by atoms with E-state index in [9.17, 15) is 4.79 Å². The molecule has 6 heteroatoms. The first-order valence-electron chi connectivity index (χ1n) is 9.76. The Bertz CT molecular complexity index is 801. The van der Waals surface area contributed by atoms with Crippen molar-refractivity contribution in [3.05, 3.63) is 59.7 Å². The average Bonchev–Trinajstić information content (AvgIpc) is 3.02. The van der Waals surface area contributed by atoms with Crippen molar-refractivity contribution in [2.75, 3.05) is 0 Å². The van der Waals surface area contributed by atoms with E-state index in [1.54, 1.807) is 0 Å². The van der Waals surface area contributed by atoms with Crippen LogP contribution in [0.15, 0.2) is 48.5 Å². The van der Waals surface area contributed by atoms with E-state index >= 15 is 0 Å². The summed E-state index contributed by atoms with van der Waals surface area (Å²) in [6.45, 7) is 4.86. The van der Waals surface area contributed by atoms with Crippen LogP contribution in [0.1, 0.15) is 42.7 Å². The van der Waals surface area contributed by atoms with E-state index in [1.165, 1.54) is 35.1 Å². The Labute approximate surface area is 194 Å². The third-order valence-electron chi connectivity index (χ3n) is 6.71. The van der Waals surface area contributed by atoms with Crippen LogP contribution in [0.2, 0.25) is 18.6 Å². The maximum atomic E-state index is 13.5. The second kappa shape index (κ2) is 9.49. The average molecular weight is 467 g/mol. The number of rotatable bonds is 3. The number of amides is 1. The molecule has 1 fully saturated rings. The Morgan fingerprint density at radius 3 is 2.04 bits per heavy atom. The van der Waals surface area contributed by atoms with Crippen molar-refractivity contribution in [1.82, 2.24) is 3.80 Å². The molecule has 2 aliphatic rings. The largest absolute Gasteiger partial charge is 1.00 e. The molecule has 0 aliphatic heterocycles. The molecule has 0 aromatic heterocycles. The fourth-order valence-corrected chi connectivity index (χ4v) is 8.72. The van der Waals surface area contributed by atoms with Crippen molar-refractivity contribution in [2.24, 2.45) is 5.41 Å². The minimum Gasteiger partial charge on any atom is -1.00 e. The summed E-state index contributed by atoms with van der Waals surface area (Å²) in [5, 5.41) is 0. The van der Waals surface area contributed by atoms with Crippen LogP contribution in [0, 0.1) is 5.41 Å². The molecule has 0 radical (unpaired) electrons. The van der Waals surface area contributed by atoms with Crippen molar-refractivity contribution in [3.8, 4) is 11.1 Å². The molecule has 4 rings (SSSR count). The van der Waals surface area contributed by atoms with Gasteiger partial charge in [-0.25, -0.2) is 0 Å². The van der Waals surface area contributed by atoms with Crippen LogP contribution < -0.4 is 28.6 Å². The molecule has 28 heavy (non-hydrogen) atoms. The van der Waals surface area contributed by atoms with Crippen molar-refractivity contribution < 1.29 is 50.3 Å². The van der Waals surface area contributed by atoms with E-state index in [-0.39, 0.29) is 42.1 Å². The number of benzene rings is 2. The minimum atomic E-state index is -0.992. The van der Waals surface area contributed by atoms with Crippen molar-refractivity contribution in [2.45, 2.75) is 50.2 Å².